The summed E-state index contributed by atoms with van der Waals surface area (Å²) in [5, 5.41) is 12.1. The summed E-state index contributed by atoms with van der Waals surface area (Å²) < 4.78 is 13.0. The number of anilines is 1. The van der Waals surface area contributed by atoms with Gasteiger partial charge in [-0.25, -0.2) is 4.39 Å². The van der Waals surface area contributed by atoms with Gasteiger partial charge in [-0.1, -0.05) is 12.1 Å². The van der Waals surface area contributed by atoms with E-state index in [9.17, 15) is 4.39 Å². The number of benzene rings is 2. The Morgan fingerprint density at radius 3 is 2.58 bits per heavy atom. The van der Waals surface area contributed by atoms with Crippen molar-refractivity contribution >= 4 is 17.4 Å². The highest BCUT2D eigenvalue weighted by Crippen LogP contribution is 2.18. The van der Waals surface area contributed by atoms with Crippen LogP contribution in [0.1, 0.15) is 11.1 Å². The molecular formula is C15H13FN2S. The van der Waals surface area contributed by atoms with Crippen molar-refractivity contribution in [1.82, 2.24) is 0 Å². The Labute approximate surface area is 116 Å². The molecule has 0 spiro atoms. The van der Waals surface area contributed by atoms with E-state index < -0.39 is 5.82 Å². The topological polar surface area (TPSA) is 35.8 Å². The summed E-state index contributed by atoms with van der Waals surface area (Å²) in [4.78, 5) is 1.21. The van der Waals surface area contributed by atoms with Gasteiger partial charge >= 0.3 is 0 Å². The molecule has 0 aliphatic rings. The fourth-order valence-corrected chi connectivity index (χ4v) is 2.11. The van der Waals surface area contributed by atoms with Crippen molar-refractivity contribution < 1.29 is 4.39 Å². The summed E-state index contributed by atoms with van der Waals surface area (Å²) in [6.45, 7) is 0.606. The van der Waals surface area contributed by atoms with Crippen LogP contribution in [0.15, 0.2) is 47.4 Å². The molecule has 0 aromatic heterocycles. The molecule has 0 aliphatic carbocycles. The van der Waals surface area contributed by atoms with Gasteiger partial charge in [-0.15, -0.1) is 11.8 Å². The maximum Gasteiger partial charge on any atom is 0.124 e. The molecule has 1 N–H and O–H groups in total. The normalized spacial score (nSPS) is 9.95. The minimum atomic E-state index is -0.397. The van der Waals surface area contributed by atoms with Gasteiger partial charge in [-0.2, -0.15) is 5.26 Å². The number of halogens is 1. The van der Waals surface area contributed by atoms with E-state index in [1.165, 1.54) is 17.0 Å². The second-order valence-electron chi connectivity index (χ2n) is 4.00. The summed E-state index contributed by atoms with van der Waals surface area (Å²) in [5.41, 5.74) is 2.09. The van der Waals surface area contributed by atoms with E-state index in [1.54, 1.807) is 17.8 Å². The van der Waals surface area contributed by atoms with E-state index in [1.807, 2.05) is 24.5 Å². The number of hydrogen-bond donors (Lipinski definition) is 1. The van der Waals surface area contributed by atoms with Gasteiger partial charge in [0.1, 0.15) is 11.9 Å². The van der Waals surface area contributed by atoms with Crippen molar-refractivity contribution in [3.05, 3.63) is 59.4 Å². The van der Waals surface area contributed by atoms with Crippen LogP contribution in [0.25, 0.3) is 0 Å². The molecule has 4 heteroatoms. The third-order valence-electron chi connectivity index (χ3n) is 2.74. The fraction of sp³-hybridized carbons (Fsp3) is 0.133. The Bertz CT molecular complexity index is 603. The molecule has 0 atom stereocenters. The molecule has 0 heterocycles. The quantitative estimate of drug-likeness (QED) is 0.853. The number of nitrogens with one attached hydrogen (secondary N) is 1. The van der Waals surface area contributed by atoms with Crippen molar-refractivity contribution in [1.29, 1.82) is 5.26 Å². The average molecular weight is 272 g/mol. The molecule has 0 saturated heterocycles. The molecule has 0 unspecified atom stereocenters. The van der Waals surface area contributed by atoms with Crippen LogP contribution in [0.2, 0.25) is 0 Å². The zero-order chi connectivity index (χ0) is 13.7. The van der Waals surface area contributed by atoms with Crippen molar-refractivity contribution in [2.75, 3.05) is 11.6 Å². The second kappa shape index (κ2) is 6.26. The van der Waals surface area contributed by atoms with Crippen LogP contribution in [-0.4, -0.2) is 6.26 Å². The number of nitriles is 1. The summed E-state index contributed by atoms with van der Waals surface area (Å²) in [5.74, 6) is -0.397. The molecule has 2 aromatic rings. The van der Waals surface area contributed by atoms with E-state index in [0.717, 1.165) is 5.56 Å². The Morgan fingerprint density at radius 2 is 1.95 bits per heavy atom. The van der Waals surface area contributed by atoms with Gasteiger partial charge in [0.25, 0.3) is 0 Å². The molecule has 0 aliphatic heterocycles. The van der Waals surface area contributed by atoms with E-state index >= 15 is 0 Å². The van der Waals surface area contributed by atoms with E-state index in [4.69, 9.17) is 5.26 Å². The molecule has 0 radical (unpaired) electrons. The highest BCUT2D eigenvalue weighted by Gasteiger charge is 2.03. The molecule has 2 aromatic carbocycles. The standard InChI is InChI=1S/C15H13FN2S/c1-19-14-5-2-11(3-6-14)10-18-15-7-4-13(16)8-12(15)9-17/h2-8,18H,10H2,1H3. The number of rotatable bonds is 4. The highest BCUT2D eigenvalue weighted by atomic mass is 32.2. The van der Waals surface area contributed by atoms with E-state index in [2.05, 4.69) is 17.4 Å². The van der Waals surface area contributed by atoms with Gasteiger partial charge in [0.15, 0.2) is 0 Å². The lowest BCUT2D eigenvalue weighted by molar-refractivity contribution is 0.627. The largest absolute Gasteiger partial charge is 0.380 e. The van der Waals surface area contributed by atoms with Gasteiger partial charge in [0, 0.05) is 11.4 Å². The van der Waals surface area contributed by atoms with Crippen molar-refractivity contribution in [2.24, 2.45) is 0 Å². The minimum Gasteiger partial charge on any atom is -0.380 e. The van der Waals surface area contributed by atoms with E-state index in [-0.39, 0.29) is 0 Å². The maximum atomic E-state index is 13.0. The Kier molecular flexibility index (Phi) is 4.43. The third-order valence-corrected chi connectivity index (χ3v) is 3.49. The lowest BCUT2D eigenvalue weighted by atomic mass is 10.1. The number of thioether (sulfide) groups is 1. The summed E-state index contributed by atoms with van der Waals surface area (Å²) in [6, 6.07) is 14.3. The Morgan fingerprint density at radius 1 is 1.21 bits per heavy atom. The van der Waals surface area contributed by atoms with Crippen molar-refractivity contribution in [3.63, 3.8) is 0 Å². The Balaban J connectivity index is 2.08. The van der Waals surface area contributed by atoms with Crippen molar-refractivity contribution in [2.45, 2.75) is 11.4 Å². The van der Waals surface area contributed by atoms with Gasteiger partial charge in [0.05, 0.1) is 11.3 Å². The molecule has 0 fully saturated rings. The smallest absolute Gasteiger partial charge is 0.124 e. The van der Waals surface area contributed by atoms with Gasteiger partial charge in [-0.3, -0.25) is 0 Å². The average Bonchev–Trinajstić information content (AvgIpc) is 2.46. The SMILES string of the molecule is CSc1ccc(CNc2ccc(F)cc2C#N)cc1. The van der Waals surface area contributed by atoms with Crippen LogP contribution in [-0.2, 0) is 6.54 Å². The first-order chi connectivity index (χ1) is 9.22. The van der Waals surface area contributed by atoms with Crippen LogP contribution in [0.4, 0.5) is 10.1 Å². The van der Waals surface area contributed by atoms with Crippen molar-refractivity contribution in [3.8, 4) is 6.07 Å². The molecule has 96 valence electrons. The molecule has 0 amide bonds. The number of nitrogens with zero attached hydrogens (tertiary/aromatic N) is 1. The molecule has 0 saturated carbocycles. The Hall–Kier alpha value is -1.99. The van der Waals surface area contributed by atoms with Gasteiger partial charge < -0.3 is 5.32 Å². The molecular weight excluding hydrogens is 259 g/mol. The summed E-state index contributed by atoms with van der Waals surface area (Å²) in [6.07, 6.45) is 2.03. The van der Waals surface area contributed by atoms with Crippen LogP contribution in [0.5, 0.6) is 0 Å². The molecule has 2 rings (SSSR count). The summed E-state index contributed by atoms with van der Waals surface area (Å²) in [7, 11) is 0. The van der Waals surface area contributed by atoms with Crippen LogP contribution in [0, 0.1) is 17.1 Å². The predicted molar refractivity (Wildman–Crippen MR) is 76.7 cm³/mol. The summed E-state index contributed by atoms with van der Waals surface area (Å²) >= 11 is 1.69. The zero-order valence-electron chi connectivity index (χ0n) is 10.5. The second-order valence-corrected chi connectivity index (χ2v) is 4.88. The lowest BCUT2D eigenvalue weighted by Gasteiger charge is -2.08. The van der Waals surface area contributed by atoms with Crippen LogP contribution < -0.4 is 5.32 Å². The maximum absolute atomic E-state index is 13.0. The lowest BCUT2D eigenvalue weighted by Crippen LogP contribution is -2.01. The minimum absolute atomic E-state index is 0.320. The highest BCUT2D eigenvalue weighted by molar-refractivity contribution is 7.98. The first kappa shape index (κ1) is 13.4. The predicted octanol–water partition coefficient (Wildman–Crippen LogP) is 4.03. The van der Waals surface area contributed by atoms with Crippen LogP contribution >= 0.6 is 11.8 Å². The molecule has 0 bridgehead atoms. The van der Waals surface area contributed by atoms with Gasteiger partial charge in [0.2, 0.25) is 0 Å². The first-order valence-corrected chi connectivity index (χ1v) is 7.02. The van der Waals surface area contributed by atoms with E-state index in [0.29, 0.717) is 17.8 Å². The van der Waals surface area contributed by atoms with Crippen LogP contribution in [0.3, 0.4) is 0 Å². The monoisotopic (exact) mass is 272 g/mol. The first-order valence-electron chi connectivity index (χ1n) is 5.79. The molecule has 19 heavy (non-hydrogen) atoms. The molecule has 2 nitrogen and oxygen atoms in total. The third kappa shape index (κ3) is 3.49. The number of hydrogen-bond acceptors (Lipinski definition) is 3. The fourth-order valence-electron chi connectivity index (χ4n) is 1.70. The van der Waals surface area contributed by atoms with Gasteiger partial charge in [-0.05, 0) is 42.2 Å². The zero-order valence-corrected chi connectivity index (χ0v) is 11.3.